The molecule has 0 radical (unpaired) electrons. The summed E-state index contributed by atoms with van der Waals surface area (Å²) in [5, 5.41) is 0. The number of rotatable bonds is 2. The number of aryl methyl sites for hydroxylation is 1. The van der Waals surface area contributed by atoms with Crippen LogP contribution >= 0.6 is 0 Å². The Morgan fingerprint density at radius 3 is 2.42 bits per heavy atom. The van der Waals surface area contributed by atoms with Crippen LogP contribution in [-0.4, -0.2) is 10.4 Å². The number of nitrogens with zero attached hydrogens (tertiary/aromatic N) is 1. The second-order valence-corrected chi connectivity index (χ2v) is 3.61. The quantitative estimate of drug-likeness (QED) is 0.642. The zero-order valence-corrected chi connectivity index (χ0v) is 7.97. The molecule has 1 unspecified atom stereocenters. The first-order valence-electron chi connectivity index (χ1n) is 3.71. The first kappa shape index (κ1) is 9.13. The molecule has 0 N–H and O–H groups in total. The fraction of sp³-hybridized carbons (Fsp3) is 0.222. The molecule has 1 aromatic carbocycles. The minimum atomic E-state index is -1.22. The molecule has 0 aliphatic heterocycles. The zero-order valence-electron chi connectivity index (χ0n) is 7.15. The van der Waals surface area contributed by atoms with Gasteiger partial charge in [0, 0.05) is 6.21 Å². The van der Waals surface area contributed by atoms with Crippen molar-refractivity contribution in [3.05, 3.63) is 29.8 Å². The third-order valence-corrected chi connectivity index (χ3v) is 2.50. The molecule has 0 spiro atoms. The van der Waals surface area contributed by atoms with E-state index in [1.807, 2.05) is 31.2 Å². The van der Waals surface area contributed by atoms with E-state index in [0.717, 1.165) is 10.5 Å². The first-order valence-corrected chi connectivity index (χ1v) is 4.82. The second-order valence-electron chi connectivity index (χ2n) is 2.43. The molecule has 1 rings (SSSR count). The highest BCUT2D eigenvalue weighted by Gasteiger charge is 1.98. The Bertz CT molecular complexity index is 303. The van der Waals surface area contributed by atoms with Gasteiger partial charge in [-0.25, -0.2) is 4.21 Å². The molecule has 3 heteroatoms. The van der Waals surface area contributed by atoms with Gasteiger partial charge in [-0.2, -0.15) is 4.40 Å². The van der Waals surface area contributed by atoms with Crippen molar-refractivity contribution in [1.29, 1.82) is 0 Å². The van der Waals surface area contributed by atoms with Crippen molar-refractivity contribution in [2.45, 2.75) is 18.7 Å². The molecule has 0 heterocycles. The molecule has 0 amide bonds. The SMILES string of the molecule is CC=NS(=O)c1ccc(C)cc1. The minimum Gasteiger partial charge on any atom is -0.230 e. The summed E-state index contributed by atoms with van der Waals surface area (Å²) in [4.78, 5) is 0.749. The summed E-state index contributed by atoms with van der Waals surface area (Å²) in [6, 6.07) is 7.52. The average molecular weight is 181 g/mol. The van der Waals surface area contributed by atoms with Crippen molar-refractivity contribution in [2.75, 3.05) is 0 Å². The molecule has 1 aromatic rings. The summed E-state index contributed by atoms with van der Waals surface area (Å²) < 4.78 is 15.0. The Balaban J connectivity index is 2.90. The lowest BCUT2D eigenvalue weighted by atomic mass is 10.2. The van der Waals surface area contributed by atoms with Crippen molar-refractivity contribution in [2.24, 2.45) is 4.40 Å². The average Bonchev–Trinajstić information content (AvgIpc) is 2.06. The van der Waals surface area contributed by atoms with Crippen molar-refractivity contribution in [1.82, 2.24) is 0 Å². The Morgan fingerprint density at radius 1 is 1.33 bits per heavy atom. The molecule has 2 nitrogen and oxygen atoms in total. The van der Waals surface area contributed by atoms with Crippen LogP contribution in [-0.2, 0) is 11.0 Å². The molecular weight excluding hydrogens is 170 g/mol. The molecule has 0 aliphatic rings. The Labute approximate surface area is 74.9 Å². The Hall–Kier alpha value is -0.960. The highest BCUT2D eigenvalue weighted by atomic mass is 32.2. The zero-order chi connectivity index (χ0) is 8.97. The smallest absolute Gasteiger partial charge is 0.172 e. The van der Waals surface area contributed by atoms with Gasteiger partial charge in [0.1, 0.15) is 0 Å². The van der Waals surface area contributed by atoms with Gasteiger partial charge in [-0.1, -0.05) is 17.7 Å². The van der Waals surface area contributed by atoms with Gasteiger partial charge in [0.25, 0.3) is 0 Å². The van der Waals surface area contributed by atoms with E-state index in [2.05, 4.69) is 4.40 Å². The molecule has 0 saturated heterocycles. The van der Waals surface area contributed by atoms with Gasteiger partial charge in [-0.3, -0.25) is 0 Å². The molecule has 1 atom stereocenters. The van der Waals surface area contributed by atoms with Crippen molar-refractivity contribution < 1.29 is 4.21 Å². The van der Waals surface area contributed by atoms with Crippen LogP contribution in [0.2, 0.25) is 0 Å². The van der Waals surface area contributed by atoms with Crippen LogP contribution in [0, 0.1) is 6.92 Å². The van der Waals surface area contributed by atoms with E-state index in [1.165, 1.54) is 0 Å². The molecule has 0 bridgehead atoms. The van der Waals surface area contributed by atoms with E-state index in [9.17, 15) is 4.21 Å². The van der Waals surface area contributed by atoms with Gasteiger partial charge in [-0.15, -0.1) is 0 Å². The molecule has 64 valence electrons. The normalized spacial score (nSPS) is 13.5. The lowest BCUT2D eigenvalue weighted by Crippen LogP contribution is -1.86. The largest absolute Gasteiger partial charge is 0.230 e. The molecule has 0 saturated carbocycles. The van der Waals surface area contributed by atoms with Crippen LogP contribution in [0.15, 0.2) is 33.6 Å². The molecule has 0 aromatic heterocycles. The van der Waals surface area contributed by atoms with Crippen molar-refractivity contribution in [3.63, 3.8) is 0 Å². The lowest BCUT2D eigenvalue weighted by molar-refractivity contribution is 0.684. The van der Waals surface area contributed by atoms with Gasteiger partial charge in [-0.05, 0) is 26.0 Å². The van der Waals surface area contributed by atoms with Crippen LogP contribution in [0.1, 0.15) is 12.5 Å². The third kappa shape index (κ3) is 2.27. The summed E-state index contributed by atoms with van der Waals surface area (Å²) in [6.45, 7) is 3.75. The Kier molecular flexibility index (Phi) is 3.17. The number of hydrogen-bond donors (Lipinski definition) is 0. The predicted molar refractivity (Wildman–Crippen MR) is 51.8 cm³/mol. The number of hydrogen-bond acceptors (Lipinski definition) is 1. The van der Waals surface area contributed by atoms with Crippen LogP contribution in [0.25, 0.3) is 0 Å². The summed E-state index contributed by atoms with van der Waals surface area (Å²) >= 11 is 0. The van der Waals surface area contributed by atoms with Gasteiger partial charge in [0.05, 0.1) is 4.90 Å². The summed E-state index contributed by atoms with van der Waals surface area (Å²) in [5.74, 6) is 0. The van der Waals surface area contributed by atoms with E-state index in [0.29, 0.717) is 0 Å². The third-order valence-electron chi connectivity index (χ3n) is 1.42. The van der Waals surface area contributed by atoms with Crippen LogP contribution < -0.4 is 0 Å². The van der Waals surface area contributed by atoms with Gasteiger partial charge in [0.2, 0.25) is 0 Å². The van der Waals surface area contributed by atoms with Crippen LogP contribution in [0.5, 0.6) is 0 Å². The Morgan fingerprint density at radius 2 is 1.92 bits per heavy atom. The van der Waals surface area contributed by atoms with Crippen LogP contribution in [0.4, 0.5) is 0 Å². The summed E-state index contributed by atoms with van der Waals surface area (Å²) in [7, 11) is -1.22. The van der Waals surface area contributed by atoms with E-state index in [4.69, 9.17) is 0 Å². The van der Waals surface area contributed by atoms with E-state index < -0.39 is 11.0 Å². The fourth-order valence-corrected chi connectivity index (χ4v) is 1.49. The van der Waals surface area contributed by atoms with E-state index >= 15 is 0 Å². The van der Waals surface area contributed by atoms with E-state index in [1.54, 1.807) is 13.1 Å². The van der Waals surface area contributed by atoms with Gasteiger partial charge in [0.15, 0.2) is 11.0 Å². The first-order chi connectivity index (χ1) is 5.74. The molecule has 0 aliphatic carbocycles. The monoisotopic (exact) mass is 181 g/mol. The summed E-state index contributed by atoms with van der Waals surface area (Å²) in [5.41, 5.74) is 1.16. The number of benzene rings is 1. The standard InChI is InChI=1S/C9H11NOS/c1-3-10-12(11)9-6-4-8(2)5-7-9/h3-7H,1-2H3. The molecule has 0 fully saturated rings. The fourth-order valence-electron chi connectivity index (χ4n) is 0.811. The van der Waals surface area contributed by atoms with Gasteiger partial charge >= 0.3 is 0 Å². The minimum absolute atomic E-state index is 0.749. The van der Waals surface area contributed by atoms with Gasteiger partial charge < -0.3 is 0 Å². The maximum atomic E-state index is 11.3. The molecule has 12 heavy (non-hydrogen) atoms. The van der Waals surface area contributed by atoms with Crippen LogP contribution in [0.3, 0.4) is 0 Å². The van der Waals surface area contributed by atoms with Crippen molar-refractivity contribution in [3.8, 4) is 0 Å². The van der Waals surface area contributed by atoms with Crippen molar-refractivity contribution >= 4 is 17.2 Å². The highest BCUT2D eigenvalue weighted by Crippen LogP contribution is 2.08. The molecular formula is C9H11NOS. The highest BCUT2D eigenvalue weighted by molar-refractivity contribution is 7.83. The summed E-state index contributed by atoms with van der Waals surface area (Å²) in [6.07, 6.45) is 1.55. The maximum Gasteiger partial charge on any atom is 0.172 e. The second kappa shape index (κ2) is 4.16. The topological polar surface area (TPSA) is 29.4 Å². The maximum absolute atomic E-state index is 11.3. The van der Waals surface area contributed by atoms with E-state index in [-0.39, 0.29) is 0 Å². The predicted octanol–water partition coefficient (Wildman–Crippen LogP) is 2.11. The lowest BCUT2D eigenvalue weighted by Gasteiger charge is -1.95.